The van der Waals surface area contributed by atoms with Crippen molar-refractivity contribution in [2.24, 2.45) is 0 Å². The van der Waals surface area contributed by atoms with E-state index in [0.717, 1.165) is 0 Å². The fourth-order valence-corrected chi connectivity index (χ4v) is 1.39. The van der Waals surface area contributed by atoms with E-state index in [9.17, 15) is 14.4 Å². The Labute approximate surface area is 109 Å². The Morgan fingerprint density at radius 2 is 2.11 bits per heavy atom. The van der Waals surface area contributed by atoms with Gasteiger partial charge in [0, 0.05) is 5.69 Å². The summed E-state index contributed by atoms with van der Waals surface area (Å²) >= 11 is 0. The number of hydrogen-bond donors (Lipinski definition) is 4. The van der Waals surface area contributed by atoms with Crippen molar-refractivity contribution < 1.29 is 24.2 Å². The van der Waals surface area contributed by atoms with Crippen LogP contribution in [-0.4, -0.2) is 41.2 Å². The highest BCUT2D eigenvalue weighted by Crippen LogP contribution is 2.16. The van der Waals surface area contributed by atoms with Crippen LogP contribution in [0.15, 0.2) is 6.07 Å². The number of amides is 2. The number of anilines is 1. The second-order valence-corrected chi connectivity index (χ2v) is 3.66. The van der Waals surface area contributed by atoms with Crippen molar-refractivity contribution in [2.75, 3.05) is 18.5 Å². The zero-order valence-electron chi connectivity index (χ0n) is 10.6. The summed E-state index contributed by atoms with van der Waals surface area (Å²) in [4.78, 5) is 36.0. The lowest BCUT2D eigenvalue weighted by atomic mass is 10.3. The molecule has 1 rings (SSSR count). The standard InChI is InChI=1S/C11H15N3O5/c1-3-19-8(15)5-12-11(18)14-7-4-6(2)13-9(7)10(16)17/h4,13H,3,5H2,1-2H3,(H,16,17)(H2,12,14,18). The largest absolute Gasteiger partial charge is 0.477 e. The summed E-state index contributed by atoms with van der Waals surface area (Å²) in [6.07, 6.45) is 0. The second kappa shape index (κ2) is 6.43. The molecule has 104 valence electrons. The van der Waals surface area contributed by atoms with Crippen molar-refractivity contribution in [1.82, 2.24) is 10.3 Å². The molecular weight excluding hydrogens is 254 g/mol. The smallest absolute Gasteiger partial charge is 0.354 e. The van der Waals surface area contributed by atoms with Gasteiger partial charge in [0.2, 0.25) is 0 Å². The molecule has 0 unspecified atom stereocenters. The fraction of sp³-hybridized carbons (Fsp3) is 0.364. The minimum Gasteiger partial charge on any atom is -0.477 e. The Bertz CT molecular complexity index is 495. The van der Waals surface area contributed by atoms with Gasteiger partial charge in [-0.2, -0.15) is 0 Å². The van der Waals surface area contributed by atoms with Gasteiger partial charge in [0.25, 0.3) is 0 Å². The summed E-state index contributed by atoms with van der Waals surface area (Å²) in [5, 5.41) is 13.5. The molecular formula is C11H15N3O5. The average Bonchev–Trinajstić information content (AvgIpc) is 2.68. The molecule has 0 aliphatic carbocycles. The van der Waals surface area contributed by atoms with Gasteiger partial charge in [0.15, 0.2) is 0 Å². The first kappa shape index (κ1) is 14.6. The number of carboxylic acids is 1. The summed E-state index contributed by atoms with van der Waals surface area (Å²) in [6, 6.07) is 0.794. The van der Waals surface area contributed by atoms with Gasteiger partial charge in [-0.25, -0.2) is 9.59 Å². The Hall–Kier alpha value is -2.51. The van der Waals surface area contributed by atoms with Crippen LogP contribution in [0.1, 0.15) is 23.1 Å². The molecule has 1 aromatic heterocycles. The number of H-pyrrole nitrogens is 1. The number of carbonyl (C=O) groups is 3. The molecule has 0 saturated heterocycles. The zero-order chi connectivity index (χ0) is 14.4. The first-order valence-corrected chi connectivity index (χ1v) is 5.57. The maximum absolute atomic E-state index is 11.5. The molecule has 0 spiro atoms. The van der Waals surface area contributed by atoms with E-state index < -0.39 is 18.0 Å². The Morgan fingerprint density at radius 1 is 1.42 bits per heavy atom. The molecule has 0 atom stereocenters. The van der Waals surface area contributed by atoms with Crippen LogP contribution in [0.25, 0.3) is 0 Å². The molecule has 19 heavy (non-hydrogen) atoms. The van der Waals surface area contributed by atoms with Crippen LogP contribution in [0.4, 0.5) is 10.5 Å². The summed E-state index contributed by atoms with van der Waals surface area (Å²) in [6.45, 7) is 3.25. The maximum atomic E-state index is 11.5. The van der Waals surface area contributed by atoms with Crippen molar-refractivity contribution in [3.8, 4) is 0 Å². The van der Waals surface area contributed by atoms with Crippen LogP contribution in [-0.2, 0) is 9.53 Å². The van der Waals surface area contributed by atoms with Gasteiger partial charge in [0.1, 0.15) is 12.2 Å². The summed E-state index contributed by atoms with van der Waals surface area (Å²) in [5.41, 5.74) is 0.605. The number of ether oxygens (including phenoxy) is 1. The second-order valence-electron chi connectivity index (χ2n) is 3.66. The van der Waals surface area contributed by atoms with Gasteiger partial charge in [-0.05, 0) is 19.9 Å². The van der Waals surface area contributed by atoms with E-state index in [-0.39, 0.29) is 24.5 Å². The van der Waals surface area contributed by atoms with Gasteiger partial charge in [-0.1, -0.05) is 0 Å². The fourth-order valence-electron chi connectivity index (χ4n) is 1.39. The van der Waals surface area contributed by atoms with E-state index >= 15 is 0 Å². The molecule has 8 heteroatoms. The third kappa shape index (κ3) is 4.34. The van der Waals surface area contributed by atoms with Crippen LogP contribution in [0.3, 0.4) is 0 Å². The van der Waals surface area contributed by atoms with Crippen LogP contribution in [0, 0.1) is 6.92 Å². The van der Waals surface area contributed by atoms with E-state index in [4.69, 9.17) is 5.11 Å². The molecule has 8 nitrogen and oxygen atoms in total. The number of rotatable bonds is 5. The Kier molecular flexibility index (Phi) is 4.92. The van der Waals surface area contributed by atoms with E-state index in [2.05, 4.69) is 20.4 Å². The minimum atomic E-state index is -1.19. The number of aromatic carboxylic acids is 1. The number of aryl methyl sites for hydroxylation is 1. The van der Waals surface area contributed by atoms with Crippen molar-refractivity contribution in [3.63, 3.8) is 0 Å². The minimum absolute atomic E-state index is 0.121. The molecule has 2 amide bonds. The predicted molar refractivity (Wildman–Crippen MR) is 66.1 cm³/mol. The molecule has 0 aliphatic heterocycles. The lowest BCUT2D eigenvalue weighted by Gasteiger charge is -2.06. The normalized spacial score (nSPS) is 9.79. The quantitative estimate of drug-likeness (QED) is 0.586. The molecule has 0 bridgehead atoms. The van der Waals surface area contributed by atoms with E-state index in [1.54, 1.807) is 13.8 Å². The molecule has 1 aromatic rings. The predicted octanol–water partition coefficient (Wildman–Crippen LogP) is 0.706. The summed E-state index contributed by atoms with van der Waals surface area (Å²) in [7, 11) is 0. The molecule has 1 heterocycles. The topological polar surface area (TPSA) is 121 Å². The third-order valence-electron chi connectivity index (χ3n) is 2.11. The lowest BCUT2D eigenvalue weighted by Crippen LogP contribution is -2.34. The molecule has 0 aliphatic rings. The number of esters is 1. The Morgan fingerprint density at radius 3 is 2.68 bits per heavy atom. The van der Waals surface area contributed by atoms with Crippen LogP contribution < -0.4 is 10.6 Å². The SMILES string of the molecule is CCOC(=O)CNC(=O)Nc1cc(C)[nH]c1C(=O)O. The number of aromatic nitrogens is 1. The highest BCUT2D eigenvalue weighted by Gasteiger charge is 2.15. The van der Waals surface area contributed by atoms with Gasteiger partial charge in [0.05, 0.1) is 12.3 Å². The highest BCUT2D eigenvalue weighted by molar-refractivity contribution is 5.99. The number of urea groups is 1. The van der Waals surface area contributed by atoms with Crippen LogP contribution in [0.5, 0.6) is 0 Å². The Balaban J connectivity index is 2.57. The number of carboxylic acid groups (broad SMARTS) is 1. The molecule has 0 aromatic carbocycles. The summed E-state index contributed by atoms with van der Waals surface area (Å²) < 4.78 is 4.63. The van der Waals surface area contributed by atoms with Gasteiger partial charge in [-0.3, -0.25) is 4.79 Å². The molecule has 4 N–H and O–H groups in total. The van der Waals surface area contributed by atoms with Crippen molar-refractivity contribution >= 4 is 23.7 Å². The number of hydrogen-bond acceptors (Lipinski definition) is 4. The lowest BCUT2D eigenvalue weighted by molar-refractivity contribution is -0.141. The maximum Gasteiger partial charge on any atom is 0.354 e. The van der Waals surface area contributed by atoms with Gasteiger partial charge >= 0.3 is 18.0 Å². The van der Waals surface area contributed by atoms with Crippen LogP contribution >= 0.6 is 0 Å². The van der Waals surface area contributed by atoms with Gasteiger partial charge in [-0.15, -0.1) is 0 Å². The first-order chi connectivity index (χ1) is 8.93. The summed E-state index contributed by atoms with van der Waals surface area (Å²) in [5.74, 6) is -1.75. The molecule has 0 radical (unpaired) electrons. The zero-order valence-corrected chi connectivity index (χ0v) is 10.6. The highest BCUT2D eigenvalue weighted by atomic mass is 16.5. The van der Waals surface area contributed by atoms with E-state index in [1.165, 1.54) is 6.07 Å². The van der Waals surface area contributed by atoms with E-state index in [0.29, 0.717) is 5.69 Å². The molecule has 0 saturated carbocycles. The van der Waals surface area contributed by atoms with Gasteiger partial charge < -0.3 is 25.5 Å². The van der Waals surface area contributed by atoms with Crippen molar-refractivity contribution in [2.45, 2.75) is 13.8 Å². The van der Waals surface area contributed by atoms with Crippen LogP contribution in [0.2, 0.25) is 0 Å². The average molecular weight is 269 g/mol. The first-order valence-electron chi connectivity index (χ1n) is 5.57. The number of nitrogens with one attached hydrogen (secondary N) is 3. The number of carbonyl (C=O) groups excluding carboxylic acids is 2. The van der Waals surface area contributed by atoms with E-state index in [1.807, 2.05) is 0 Å². The van der Waals surface area contributed by atoms with Crippen molar-refractivity contribution in [3.05, 3.63) is 17.5 Å². The third-order valence-corrected chi connectivity index (χ3v) is 2.11. The number of aromatic amines is 1. The monoisotopic (exact) mass is 269 g/mol. The molecule has 0 fully saturated rings. The van der Waals surface area contributed by atoms with Crippen molar-refractivity contribution in [1.29, 1.82) is 0 Å².